The largest absolute Gasteiger partial charge is 0.316 e. The van der Waals surface area contributed by atoms with Crippen molar-refractivity contribution >= 4 is 0 Å². The van der Waals surface area contributed by atoms with Crippen LogP contribution in [0.1, 0.15) is 44.1 Å². The first-order chi connectivity index (χ1) is 9.75. The summed E-state index contributed by atoms with van der Waals surface area (Å²) in [4.78, 5) is 2.72. The Morgan fingerprint density at radius 2 is 2.05 bits per heavy atom. The second-order valence-electron chi connectivity index (χ2n) is 7.05. The Morgan fingerprint density at radius 3 is 2.80 bits per heavy atom. The first-order valence-corrected chi connectivity index (χ1v) is 8.23. The van der Waals surface area contributed by atoms with Crippen LogP contribution in [-0.4, -0.2) is 37.6 Å². The van der Waals surface area contributed by atoms with E-state index >= 15 is 0 Å². The van der Waals surface area contributed by atoms with Crippen LogP contribution in [0.25, 0.3) is 0 Å². The summed E-state index contributed by atoms with van der Waals surface area (Å²) in [6.07, 6.45) is 5.37. The number of rotatable bonds is 3. The molecule has 0 aliphatic carbocycles. The maximum Gasteiger partial charge on any atom is 0.00480 e. The van der Waals surface area contributed by atoms with E-state index in [-0.39, 0.29) is 0 Å². The first-order valence-electron chi connectivity index (χ1n) is 8.23. The van der Waals surface area contributed by atoms with Crippen LogP contribution in [0.4, 0.5) is 0 Å². The van der Waals surface area contributed by atoms with Gasteiger partial charge in [-0.25, -0.2) is 0 Å². The van der Waals surface area contributed by atoms with Crippen LogP contribution in [0.3, 0.4) is 0 Å². The monoisotopic (exact) mass is 272 g/mol. The molecule has 0 spiro atoms. The van der Waals surface area contributed by atoms with E-state index in [0.29, 0.717) is 5.41 Å². The van der Waals surface area contributed by atoms with Gasteiger partial charge >= 0.3 is 0 Å². The van der Waals surface area contributed by atoms with Crippen molar-refractivity contribution in [2.45, 2.75) is 38.5 Å². The fourth-order valence-electron chi connectivity index (χ4n) is 3.92. The second-order valence-corrected chi connectivity index (χ2v) is 7.05. The Bertz CT molecular complexity index is 409. The Balaban J connectivity index is 1.57. The summed E-state index contributed by atoms with van der Waals surface area (Å²) in [6.45, 7) is 8.70. The molecule has 1 N–H and O–H groups in total. The van der Waals surface area contributed by atoms with Crippen LogP contribution in [0.2, 0.25) is 0 Å². The molecule has 0 aromatic heterocycles. The summed E-state index contributed by atoms with van der Waals surface area (Å²) in [6, 6.07) is 11.1. The third-order valence-electron chi connectivity index (χ3n) is 5.15. The van der Waals surface area contributed by atoms with Crippen molar-refractivity contribution in [3.05, 3.63) is 35.9 Å². The molecule has 2 nitrogen and oxygen atoms in total. The van der Waals surface area contributed by atoms with Gasteiger partial charge in [-0.1, -0.05) is 37.3 Å². The zero-order valence-electron chi connectivity index (χ0n) is 12.8. The summed E-state index contributed by atoms with van der Waals surface area (Å²) in [5.74, 6) is 0.774. The molecule has 3 rings (SSSR count). The summed E-state index contributed by atoms with van der Waals surface area (Å²) in [5.41, 5.74) is 2.05. The number of hydrogen-bond donors (Lipinski definition) is 1. The fraction of sp³-hybridized carbons (Fsp3) is 0.667. The highest BCUT2D eigenvalue weighted by molar-refractivity contribution is 5.19. The number of hydrogen-bond acceptors (Lipinski definition) is 2. The molecule has 2 atom stereocenters. The lowest BCUT2D eigenvalue weighted by Gasteiger charge is -2.31. The van der Waals surface area contributed by atoms with Crippen molar-refractivity contribution < 1.29 is 0 Å². The van der Waals surface area contributed by atoms with Gasteiger partial charge in [-0.05, 0) is 62.2 Å². The molecule has 2 unspecified atom stereocenters. The van der Waals surface area contributed by atoms with Gasteiger partial charge in [-0.2, -0.15) is 0 Å². The molecule has 2 saturated heterocycles. The van der Waals surface area contributed by atoms with Crippen LogP contribution in [0, 0.1) is 5.41 Å². The van der Waals surface area contributed by atoms with Gasteiger partial charge in [-0.3, -0.25) is 0 Å². The van der Waals surface area contributed by atoms with Crippen molar-refractivity contribution in [3.63, 3.8) is 0 Å². The summed E-state index contributed by atoms with van der Waals surface area (Å²) < 4.78 is 0. The molecule has 0 bridgehead atoms. The lowest BCUT2D eigenvalue weighted by molar-refractivity contribution is 0.182. The van der Waals surface area contributed by atoms with E-state index in [4.69, 9.17) is 0 Å². The van der Waals surface area contributed by atoms with Crippen LogP contribution in [0.5, 0.6) is 0 Å². The van der Waals surface area contributed by atoms with Gasteiger partial charge in [0.1, 0.15) is 0 Å². The molecule has 0 amide bonds. The van der Waals surface area contributed by atoms with Crippen molar-refractivity contribution in [3.8, 4) is 0 Å². The maximum atomic E-state index is 3.53. The number of nitrogens with zero attached hydrogens (tertiary/aromatic N) is 1. The molecule has 1 aromatic carbocycles. The van der Waals surface area contributed by atoms with E-state index in [2.05, 4.69) is 47.5 Å². The molecule has 0 saturated carbocycles. The zero-order valence-corrected chi connectivity index (χ0v) is 12.8. The Morgan fingerprint density at radius 1 is 1.20 bits per heavy atom. The lowest BCUT2D eigenvalue weighted by atomic mass is 9.89. The third-order valence-corrected chi connectivity index (χ3v) is 5.15. The molecule has 2 heterocycles. The topological polar surface area (TPSA) is 15.3 Å². The van der Waals surface area contributed by atoms with Gasteiger partial charge in [-0.15, -0.1) is 0 Å². The third kappa shape index (κ3) is 3.42. The average molecular weight is 272 g/mol. The smallest absolute Gasteiger partial charge is 0.00480 e. The normalized spacial score (nSPS) is 32.1. The molecule has 1 aromatic rings. The quantitative estimate of drug-likeness (QED) is 0.908. The highest BCUT2D eigenvalue weighted by atomic mass is 15.1. The van der Waals surface area contributed by atoms with Gasteiger partial charge in [0.25, 0.3) is 0 Å². The van der Waals surface area contributed by atoms with Crippen LogP contribution < -0.4 is 5.32 Å². The molecular formula is C18H28N2. The van der Waals surface area contributed by atoms with Gasteiger partial charge in [0.15, 0.2) is 0 Å². The average Bonchev–Trinajstić information content (AvgIpc) is 2.76. The molecule has 2 aliphatic heterocycles. The van der Waals surface area contributed by atoms with Gasteiger partial charge in [0, 0.05) is 13.1 Å². The minimum atomic E-state index is 0.507. The minimum Gasteiger partial charge on any atom is -0.316 e. The van der Waals surface area contributed by atoms with Crippen molar-refractivity contribution in [2.24, 2.45) is 5.41 Å². The van der Waals surface area contributed by atoms with Crippen molar-refractivity contribution in [1.29, 1.82) is 0 Å². The predicted octanol–water partition coefficient (Wildman–Crippen LogP) is 3.26. The summed E-state index contributed by atoms with van der Waals surface area (Å²) in [5, 5.41) is 3.53. The number of nitrogens with one attached hydrogen (secondary N) is 1. The molecule has 2 heteroatoms. The zero-order chi connectivity index (χ0) is 13.8. The van der Waals surface area contributed by atoms with E-state index < -0.39 is 0 Å². The highest BCUT2D eigenvalue weighted by Gasteiger charge is 2.31. The molecule has 20 heavy (non-hydrogen) atoms. The predicted molar refractivity (Wildman–Crippen MR) is 85.1 cm³/mol. The van der Waals surface area contributed by atoms with Crippen LogP contribution in [0.15, 0.2) is 30.3 Å². The molecular weight excluding hydrogens is 244 g/mol. The maximum absolute atomic E-state index is 3.53. The SMILES string of the molecule is CC1(CN2CCCC(c3ccccc3)CC2)CCNC1. The fourth-order valence-corrected chi connectivity index (χ4v) is 3.92. The number of likely N-dealkylation sites (tertiary alicyclic amines) is 1. The van der Waals surface area contributed by atoms with Crippen LogP contribution in [-0.2, 0) is 0 Å². The van der Waals surface area contributed by atoms with E-state index in [0.717, 1.165) is 5.92 Å². The van der Waals surface area contributed by atoms with E-state index in [9.17, 15) is 0 Å². The second kappa shape index (κ2) is 6.28. The molecule has 0 radical (unpaired) electrons. The number of benzene rings is 1. The molecule has 2 fully saturated rings. The minimum absolute atomic E-state index is 0.507. The van der Waals surface area contributed by atoms with Gasteiger partial charge in [0.2, 0.25) is 0 Å². The van der Waals surface area contributed by atoms with E-state index in [1.54, 1.807) is 5.56 Å². The van der Waals surface area contributed by atoms with Crippen molar-refractivity contribution in [1.82, 2.24) is 10.2 Å². The Hall–Kier alpha value is -0.860. The first kappa shape index (κ1) is 14.1. The highest BCUT2D eigenvalue weighted by Crippen LogP contribution is 2.31. The lowest BCUT2D eigenvalue weighted by Crippen LogP contribution is -2.38. The van der Waals surface area contributed by atoms with Crippen LogP contribution >= 0.6 is 0 Å². The summed E-state index contributed by atoms with van der Waals surface area (Å²) in [7, 11) is 0. The standard InChI is InChI=1S/C18H28N2/c1-18(10-11-19-14-18)15-20-12-5-8-17(9-13-20)16-6-3-2-4-7-16/h2-4,6-7,17,19H,5,8-15H2,1H3. The molecule has 110 valence electrons. The van der Waals surface area contributed by atoms with E-state index in [1.165, 1.54) is 58.4 Å². The Kier molecular flexibility index (Phi) is 4.42. The summed E-state index contributed by atoms with van der Waals surface area (Å²) >= 11 is 0. The van der Waals surface area contributed by atoms with Crippen molar-refractivity contribution in [2.75, 3.05) is 32.7 Å². The van der Waals surface area contributed by atoms with Gasteiger partial charge < -0.3 is 10.2 Å². The van der Waals surface area contributed by atoms with Gasteiger partial charge in [0.05, 0.1) is 0 Å². The van der Waals surface area contributed by atoms with E-state index in [1.807, 2.05) is 0 Å². The molecule has 2 aliphatic rings. The Labute approximate surface area is 123 Å².